The van der Waals surface area contributed by atoms with Gasteiger partial charge in [-0.1, -0.05) is 55.1 Å². The first-order valence-corrected chi connectivity index (χ1v) is 10.5. The van der Waals surface area contributed by atoms with Crippen LogP contribution in [-0.4, -0.2) is 20.7 Å². The Bertz CT molecular complexity index is 1230. The van der Waals surface area contributed by atoms with Crippen molar-refractivity contribution < 1.29 is 4.79 Å². The van der Waals surface area contributed by atoms with Gasteiger partial charge in [0.1, 0.15) is 11.1 Å². The second-order valence-electron chi connectivity index (χ2n) is 7.10. The number of aromatic nitrogens is 2. The summed E-state index contributed by atoms with van der Waals surface area (Å²) in [6.07, 6.45) is 0.643. The van der Waals surface area contributed by atoms with E-state index in [0.29, 0.717) is 17.0 Å². The molecule has 0 radical (unpaired) electrons. The van der Waals surface area contributed by atoms with Gasteiger partial charge in [-0.25, -0.2) is 4.98 Å². The average molecular weight is 400 g/mol. The number of carbonyl (C=O) groups is 1. The molecule has 0 N–H and O–H groups in total. The summed E-state index contributed by atoms with van der Waals surface area (Å²) in [5.41, 5.74) is 4.11. The Morgan fingerprint density at radius 2 is 1.69 bits per heavy atom. The number of aryl methyl sites for hydroxylation is 2. The van der Waals surface area contributed by atoms with E-state index < -0.39 is 0 Å². The smallest absolute Gasteiger partial charge is 0.245 e. The van der Waals surface area contributed by atoms with Crippen LogP contribution in [-0.2, 0) is 0 Å². The van der Waals surface area contributed by atoms with Gasteiger partial charge in [0.25, 0.3) is 0 Å². The largest absolute Gasteiger partial charge is 0.279 e. The third-order valence-corrected chi connectivity index (χ3v) is 6.46. The van der Waals surface area contributed by atoms with Crippen molar-refractivity contribution in [2.45, 2.75) is 37.5 Å². The lowest BCUT2D eigenvalue weighted by molar-refractivity contribution is 0.0919. The number of para-hydroxylation sites is 2. The lowest BCUT2D eigenvalue weighted by Crippen LogP contribution is -2.23. The first kappa shape index (κ1) is 19.2. The molecule has 0 spiro atoms. The summed E-state index contributed by atoms with van der Waals surface area (Å²) < 4.78 is 1.82. The van der Waals surface area contributed by atoms with Gasteiger partial charge in [-0.2, -0.15) is 5.26 Å². The van der Waals surface area contributed by atoms with Crippen LogP contribution < -0.4 is 0 Å². The Morgan fingerprint density at radius 1 is 1.10 bits per heavy atom. The quantitative estimate of drug-likeness (QED) is 0.402. The van der Waals surface area contributed by atoms with E-state index in [4.69, 9.17) is 0 Å². The summed E-state index contributed by atoms with van der Waals surface area (Å²) in [6, 6.07) is 20.1. The third-order valence-electron chi connectivity index (χ3n) is 5.12. The van der Waals surface area contributed by atoms with Crippen molar-refractivity contribution in [3.05, 3.63) is 71.4 Å². The number of carbonyl (C=O) groups excluding carboxylic acids is 1. The standard InChI is InChI=1S/C24H21N3OS/c1-4-22(29-23-19(14-25)15(2)13-16(3)26-23)24(28)27-20-11-7-5-9-17(20)18-10-6-8-12-21(18)27/h5-13,22H,4H2,1-3H3. The van der Waals surface area contributed by atoms with Crippen molar-refractivity contribution in [3.63, 3.8) is 0 Å². The Hall–Kier alpha value is -3.10. The van der Waals surface area contributed by atoms with Crippen LogP contribution in [0, 0.1) is 25.2 Å². The molecule has 144 valence electrons. The van der Waals surface area contributed by atoms with E-state index >= 15 is 0 Å². The summed E-state index contributed by atoms with van der Waals surface area (Å²) in [5, 5.41) is 12.0. The number of nitrogens with zero attached hydrogens (tertiary/aromatic N) is 3. The fraction of sp³-hybridized carbons (Fsp3) is 0.208. The van der Waals surface area contributed by atoms with Gasteiger partial charge in [0.05, 0.1) is 21.8 Å². The number of nitriles is 1. The lowest BCUT2D eigenvalue weighted by atomic mass is 10.1. The molecule has 2 aromatic carbocycles. The summed E-state index contributed by atoms with van der Waals surface area (Å²) >= 11 is 1.39. The van der Waals surface area contributed by atoms with Gasteiger partial charge >= 0.3 is 0 Å². The highest BCUT2D eigenvalue weighted by Crippen LogP contribution is 2.34. The second kappa shape index (κ2) is 7.73. The molecule has 1 unspecified atom stereocenters. The highest BCUT2D eigenvalue weighted by molar-refractivity contribution is 8.00. The molecule has 29 heavy (non-hydrogen) atoms. The van der Waals surface area contributed by atoms with Crippen LogP contribution in [0.3, 0.4) is 0 Å². The average Bonchev–Trinajstić information content (AvgIpc) is 3.06. The topological polar surface area (TPSA) is 58.7 Å². The molecule has 0 bridgehead atoms. The van der Waals surface area contributed by atoms with Crippen molar-refractivity contribution in [1.29, 1.82) is 5.26 Å². The van der Waals surface area contributed by atoms with Crippen LogP contribution >= 0.6 is 11.8 Å². The first-order chi connectivity index (χ1) is 14.0. The van der Waals surface area contributed by atoms with Gasteiger partial charge in [0.2, 0.25) is 5.91 Å². The van der Waals surface area contributed by atoms with Crippen molar-refractivity contribution >= 4 is 39.5 Å². The van der Waals surface area contributed by atoms with E-state index in [1.54, 1.807) is 0 Å². The molecule has 0 saturated carbocycles. The van der Waals surface area contributed by atoms with Gasteiger partial charge in [-0.05, 0) is 44.0 Å². The SMILES string of the molecule is CCC(Sc1nc(C)cc(C)c1C#N)C(=O)n1c2ccccc2c2ccccc21. The van der Waals surface area contributed by atoms with Crippen LogP contribution in [0.25, 0.3) is 21.8 Å². The summed E-state index contributed by atoms with van der Waals surface area (Å²) in [5.74, 6) is 0.0137. The molecule has 0 aliphatic rings. The van der Waals surface area contributed by atoms with E-state index in [9.17, 15) is 10.1 Å². The summed E-state index contributed by atoms with van der Waals surface area (Å²) in [7, 11) is 0. The molecule has 2 heterocycles. The Kier molecular flexibility index (Phi) is 5.12. The zero-order valence-corrected chi connectivity index (χ0v) is 17.5. The van der Waals surface area contributed by atoms with Gasteiger partial charge in [-0.3, -0.25) is 9.36 Å². The zero-order valence-electron chi connectivity index (χ0n) is 16.6. The number of rotatable bonds is 4. The highest BCUT2D eigenvalue weighted by atomic mass is 32.2. The minimum atomic E-state index is -0.338. The molecule has 0 aliphatic heterocycles. The van der Waals surface area contributed by atoms with Crippen molar-refractivity contribution in [1.82, 2.24) is 9.55 Å². The van der Waals surface area contributed by atoms with Crippen molar-refractivity contribution in [3.8, 4) is 6.07 Å². The molecule has 0 amide bonds. The van der Waals surface area contributed by atoms with Crippen LogP contribution in [0.5, 0.6) is 0 Å². The van der Waals surface area contributed by atoms with Gasteiger partial charge in [0, 0.05) is 16.5 Å². The maximum atomic E-state index is 13.7. The molecular weight excluding hydrogens is 378 g/mol. The molecule has 5 heteroatoms. The zero-order chi connectivity index (χ0) is 20.5. The first-order valence-electron chi connectivity index (χ1n) is 9.62. The van der Waals surface area contributed by atoms with Crippen LogP contribution in [0.1, 0.15) is 35.0 Å². The van der Waals surface area contributed by atoms with Gasteiger partial charge < -0.3 is 0 Å². The number of fused-ring (bicyclic) bond motifs is 3. The van der Waals surface area contributed by atoms with Gasteiger partial charge in [-0.15, -0.1) is 0 Å². The number of hydrogen-bond acceptors (Lipinski definition) is 4. The fourth-order valence-electron chi connectivity index (χ4n) is 3.77. The predicted molar refractivity (Wildman–Crippen MR) is 118 cm³/mol. The van der Waals surface area contributed by atoms with Crippen LogP contribution in [0.15, 0.2) is 59.6 Å². The molecule has 1 atom stereocenters. The maximum Gasteiger partial charge on any atom is 0.245 e. The van der Waals surface area contributed by atoms with Crippen LogP contribution in [0.2, 0.25) is 0 Å². The van der Waals surface area contributed by atoms with Crippen molar-refractivity contribution in [2.24, 2.45) is 0 Å². The summed E-state index contributed by atoms with van der Waals surface area (Å²) in [6.45, 7) is 5.82. The maximum absolute atomic E-state index is 13.7. The molecule has 2 aromatic heterocycles. The molecule has 0 fully saturated rings. The molecule has 0 aliphatic carbocycles. The van der Waals surface area contributed by atoms with E-state index in [0.717, 1.165) is 33.1 Å². The number of hydrogen-bond donors (Lipinski definition) is 0. The molecule has 4 rings (SSSR count). The Balaban J connectivity index is 1.83. The van der Waals surface area contributed by atoms with Crippen LogP contribution in [0.4, 0.5) is 0 Å². The van der Waals surface area contributed by atoms with Gasteiger partial charge in [0.15, 0.2) is 0 Å². The second-order valence-corrected chi connectivity index (χ2v) is 8.29. The van der Waals surface area contributed by atoms with E-state index in [2.05, 4.69) is 23.2 Å². The predicted octanol–water partition coefficient (Wildman–Crippen LogP) is 5.89. The van der Waals surface area contributed by atoms with E-state index in [1.807, 2.05) is 67.8 Å². The number of benzene rings is 2. The highest BCUT2D eigenvalue weighted by Gasteiger charge is 2.25. The number of pyridine rings is 1. The molecule has 4 aromatic rings. The monoisotopic (exact) mass is 399 g/mol. The molecule has 4 nitrogen and oxygen atoms in total. The minimum Gasteiger partial charge on any atom is -0.279 e. The fourth-order valence-corrected chi connectivity index (χ4v) is 4.93. The summed E-state index contributed by atoms with van der Waals surface area (Å²) in [4.78, 5) is 18.2. The van der Waals surface area contributed by atoms with E-state index in [-0.39, 0.29) is 11.2 Å². The molecular formula is C24H21N3OS. The minimum absolute atomic E-state index is 0.0137. The number of thioether (sulfide) groups is 1. The Morgan fingerprint density at radius 3 is 2.24 bits per heavy atom. The molecule has 0 saturated heterocycles. The normalized spacial score (nSPS) is 12.2. The third kappa shape index (κ3) is 3.30. The Labute approximate surface area is 174 Å². The lowest BCUT2D eigenvalue weighted by Gasteiger charge is -2.17. The van der Waals surface area contributed by atoms with Crippen molar-refractivity contribution in [2.75, 3.05) is 0 Å². The van der Waals surface area contributed by atoms with E-state index in [1.165, 1.54) is 11.8 Å².